The van der Waals surface area contributed by atoms with Crippen LogP contribution in [0.15, 0.2) is 85.1 Å². The minimum atomic E-state index is -0.0280. The third-order valence-corrected chi connectivity index (χ3v) is 4.98. The first-order valence-corrected chi connectivity index (χ1v) is 9.04. The summed E-state index contributed by atoms with van der Waals surface area (Å²) in [6, 6.07) is 25.7. The fourth-order valence-corrected chi connectivity index (χ4v) is 3.56. The van der Waals surface area contributed by atoms with E-state index in [9.17, 15) is 4.79 Å². The van der Waals surface area contributed by atoms with Gasteiger partial charge in [-0.2, -0.15) is 0 Å². The molecule has 1 aromatic heterocycles. The normalized spacial score (nSPS) is 12.0. The highest BCUT2D eigenvalue weighted by Gasteiger charge is 2.22. The first kappa shape index (κ1) is 17.1. The van der Waals surface area contributed by atoms with Crippen molar-refractivity contribution in [3.05, 3.63) is 102 Å². The predicted molar refractivity (Wildman–Crippen MR) is 109 cm³/mol. The highest BCUT2D eigenvalue weighted by Crippen LogP contribution is 2.35. The molecule has 0 bridgehead atoms. The van der Waals surface area contributed by atoms with Gasteiger partial charge < -0.3 is 9.72 Å². The van der Waals surface area contributed by atoms with Crippen molar-refractivity contribution in [1.29, 1.82) is 0 Å². The number of aromatic nitrogens is 1. The molecule has 0 amide bonds. The molecule has 0 saturated heterocycles. The Morgan fingerprint density at radius 1 is 0.963 bits per heavy atom. The van der Waals surface area contributed by atoms with Gasteiger partial charge in [-0.25, -0.2) is 0 Å². The number of hydrogen-bond donors (Lipinski definition) is 1. The van der Waals surface area contributed by atoms with Crippen molar-refractivity contribution in [1.82, 2.24) is 4.98 Å². The average molecular weight is 355 g/mol. The van der Waals surface area contributed by atoms with Crippen LogP contribution >= 0.6 is 0 Å². The second-order valence-corrected chi connectivity index (χ2v) is 6.61. The zero-order valence-corrected chi connectivity index (χ0v) is 15.2. The van der Waals surface area contributed by atoms with Crippen LogP contribution in [-0.4, -0.2) is 17.9 Å². The molecular formula is C24H21NO2. The van der Waals surface area contributed by atoms with Gasteiger partial charge in [0.25, 0.3) is 0 Å². The summed E-state index contributed by atoms with van der Waals surface area (Å²) in [7, 11) is 1.67. The molecule has 0 aliphatic rings. The topological polar surface area (TPSA) is 42.1 Å². The van der Waals surface area contributed by atoms with Gasteiger partial charge in [0.2, 0.25) is 0 Å². The van der Waals surface area contributed by atoms with Crippen molar-refractivity contribution >= 4 is 16.7 Å². The molecule has 0 aliphatic heterocycles. The molecule has 1 atom stereocenters. The maximum absolute atomic E-state index is 12.9. The van der Waals surface area contributed by atoms with Crippen LogP contribution in [0.1, 0.15) is 33.8 Å². The highest BCUT2D eigenvalue weighted by atomic mass is 16.5. The summed E-state index contributed by atoms with van der Waals surface area (Å²) >= 11 is 0. The zero-order chi connectivity index (χ0) is 18.6. The quantitative estimate of drug-likeness (QED) is 0.459. The summed E-state index contributed by atoms with van der Waals surface area (Å²) in [6.45, 7) is 0. The Morgan fingerprint density at radius 3 is 2.37 bits per heavy atom. The van der Waals surface area contributed by atoms with Crippen LogP contribution in [0.3, 0.4) is 0 Å². The number of hydrogen-bond acceptors (Lipinski definition) is 2. The van der Waals surface area contributed by atoms with E-state index in [1.165, 1.54) is 0 Å². The van der Waals surface area contributed by atoms with Gasteiger partial charge >= 0.3 is 0 Å². The summed E-state index contributed by atoms with van der Waals surface area (Å²) in [6.07, 6.45) is 2.43. The lowest BCUT2D eigenvalue weighted by atomic mass is 9.85. The van der Waals surface area contributed by atoms with Gasteiger partial charge in [-0.1, -0.05) is 60.7 Å². The number of carbonyl (C=O) groups is 1. The van der Waals surface area contributed by atoms with Crippen molar-refractivity contribution in [2.75, 3.05) is 7.11 Å². The van der Waals surface area contributed by atoms with Crippen LogP contribution < -0.4 is 4.74 Å². The monoisotopic (exact) mass is 355 g/mol. The maximum atomic E-state index is 12.9. The largest absolute Gasteiger partial charge is 0.497 e. The van der Waals surface area contributed by atoms with Crippen molar-refractivity contribution < 1.29 is 9.53 Å². The second-order valence-electron chi connectivity index (χ2n) is 6.61. The molecule has 3 heteroatoms. The standard InChI is InChI=1S/C24H21NO2/c1-27-19-12-13-23-21(14-19)22(16-25-23)20(17-8-4-2-5-9-17)15-24(26)18-10-6-3-7-11-18/h2-14,16,20,25H,15H2,1H3/t20-/m1/s1. The molecule has 0 saturated carbocycles. The number of aromatic amines is 1. The lowest BCUT2D eigenvalue weighted by Crippen LogP contribution is -2.09. The van der Waals surface area contributed by atoms with Crippen molar-refractivity contribution in [2.45, 2.75) is 12.3 Å². The lowest BCUT2D eigenvalue weighted by molar-refractivity contribution is 0.0978. The fourth-order valence-electron chi connectivity index (χ4n) is 3.56. The molecule has 27 heavy (non-hydrogen) atoms. The zero-order valence-electron chi connectivity index (χ0n) is 15.2. The lowest BCUT2D eigenvalue weighted by Gasteiger charge is -2.17. The van der Waals surface area contributed by atoms with E-state index in [1.807, 2.05) is 72.9 Å². The molecule has 1 N–H and O–H groups in total. The molecular weight excluding hydrogens is 334 g/mol. The Kier molecular flexibility index (Phi) is 4.75. The van der Waals surface area contributed by atoms with E-state index >= 15 is 0 Å². The van der Waals surface area contributed by atoms with E-state index in [4.69, 9.17) is 4.74 Å². The predicted octanol–water partition coefficient (Wildman–Crippen LogP) is 5.58. The average Bonchev–Trinajstić information content (AvgIpc) is 3.16. The number of fused-ring (bicyclic) bond motifs is 1. The summed E-state index contributed by atoms with van der Waals surface area (Å²) in [4.78, 5) is 16.3. The van der Waals surface area contributed by atoms with Crippen LogP contribution in [-0.2, 0) is 0 Å². The van der Waals surface area contributed by atoms with E-state index in [1.54, 1.807) is 7.11 Å². The van der Waals surface area contributed by atoms with Gasteiger partial charge in [-0.3, -0.25) is 4.79 Å². The molecule has 0 spiro atoms. The Hall–Kier alpha value is -3.33. The number of H-pyrrole nitrogens is 1. The minimum absolute atomic E-state index is 0.0280. The number of benzene rings is 3. The van der Waals surface area contributed by atoms with E-state index in [0.29, 0.717) is 6.42 Å². The highest BCUT2D eigenvalue weighted by molar-refractivity contribution is 5.97. The molecule has 3 aromatic carbocycles. The Balaban J connectivity index is 1.78. The number of methoxy groups -OCH3 is 1. The van der Waals surface area contributed by atoms with E-state index in [-0.39, 0.29) is 11.7 Å². The summed E-state index contributed by atoms with van der Waals surface area (Å²) in [5.41, 5.74) is 4.03. The van der Waals surface area contributed by atoms with Crippen LogP contribution in [0.2, 0.25) is 0 Å². The fraction of sp³-hybridized carbons (Fsp3) is 0.125. The van der Waals surface area contributed by atoms with Gasteiger partial charge in [0.15, 0.2) is 5.78 Å². The van der Waals surface area contributed by atoms with Crippen molar-refractivity contribution in [3.63, 3.8) is 0 Å². The number of nitrogens with one attached hydrogen (secondary N) is 1. The van der Waals surface area contributed by atoms with E-state index in [0.717, 1.165) is 33.3 Å². The SMILES string of the molecule is COc1ccc2[nH]cc([C@H](CC(=O)c3ccccc3)c3ccccc3)c2c1. The Morgan fingerprint density at radius 2 is 1.67 bits per heavy atom. The second kappa shape index (κ2) is 7.50. The van der Waals surface area contributed by atoms with E-state index < -0.39 is 0 Å². The van der Waals surface area contributed by atoms with Crippen LogP contribution in [0.4, 0.5) is 0 Å². The van der Waals surface area contributed by atoms with Gasteiger partial charge in [0.1, 0.15) is 5.75 Å². The third kappa shape index (κ3) is 3.49. The maximum Gasteiger partial charge on any atom is 0.163 e. The molecule has 0 unspecified atom stereocenters. The van der Waals surface area contributed by atoms with Gasteiger partial charge in [-0.15, -0.1) is 0 Å². The van der Waals surface area contributed by atoms with Crippen LogP contribution in [0, 0.1) is 0 Å². The molecule has 3 nitrogen and oxygen atoms in total. The van der Waals surface area contributed by atoms with Gasteiger partial charge in [0, 0.05) is 35.0 Å². The smallest absolute Gasteiger partial charge is 0.163 e. The van der Waals surface area contributed by atoms with Crippen molar-refractivity contribution in [2.24, 2.45) is 0 Å². The molecule has 4 rings (SSSR count). The Labute approximate surface area is 158 Å². The first-order valence-electron chi connectivity index (χ1n) is 9.04. The molecule has 0 radical (unpaired) electrons. The summed E-state index contributed by atoms with van der Waals surface area (Å²) in [5, 5.41) is 1.09. The molecule has 134 valence electrons. The number of rotatable bonds is 6. The minimum Gasteiger partial charge on any atom is -0.497 e. The third-order valence-electron chi connectivity index (χ3n) is 4.98. The first-order chi connectivity index (χ1) is 13.3. The number of carbonyl (C=O) groups excluding carboxylic acids is 1. The van der Waals surface area contributed by atoms with Gasteiger partial charge in [-0.05, 0) is 29.3 Å². The molecule has 0 fully saturated rings. The summed E-state index contributed by atoms with van der Waals surface area (Å²) < 4.78 is 5.40. The van der Waals surface area contributed by atoms with E-state index in [2.05, 4.69) is 17.1 Å². The van der Waals surface area contributed by atoms with Crippen LogP contribution in [0.25, 0.3) is 10.9 Å². The van der Waals surface area contributed by atoms with Crippen LogP contribution in [0.5, 0.6) is 5.75 Å². The number of ketones is 1. The molecule has 1 heterocycles. The molecule has 4 aromatic rings. The number of ether oxygens (including phenoxy) is 1. The summed E-state index contributed by atoms with van der Waals surface area (Å²) in [5.74, 6) is 0.922. The number of Topliss-reactive ketones (excluding diaryl/α,β-unsaturated/α-hetero) is 1. The van der Waals surface area contributed by atoms with Gasteiger partial charge in [0.05, 0.1) is 7.11 Å². The molecule has 0 aliphatic carbocycles. The van der Waals surface area contributed by atoms with Crippen molar-refractivity contribution in [3.8, 4) is 5.75 Å². The Bertz CT molecular complexity index is 1050.